The van der Waals surface area contributed by atoms with Crippen LogP contribution in [-0.4, -0.2) is 52.9 Å². The summed E-state index contributed by atoms with van der Waals surface area (Å²) in [7, 11) is 0. The zero-order chi connectivity index (χ0) is 12.9. The third kappa shape index (κ3) is 1.49. The van der Waals surface area contributed by atoms with E-state index in [0.29, 0.717) is 17.9 Å². The van der Waals surface area contributed by atoms with Crippen LogP contribution in [0.1, 0.15) is 33.1 Å². The Kier molecular flexibility index (Phi) is 2.62. The maximum absolute atomic E-state index is 12.4. The van der Waals surface area contributed by atoms with Gasteiger partial charge < -0.3 is 10.2 Å². The highest BCUT2D eigenvalue weighted by Gasteiger charge is 2.61. The molecule has 3 saturated heterocycles. The Labute approximate surface area is 108 Å². The molecule has 3 rings (SSSR count). The van der Waals surface area contributed by atoms with Crippen molar-refractivity contribution in [1.29, 1.82) is 5.41 Å². The van der Waals surface area contributed by atoms with E-state index in [1.807, 2.05) is 11.8 Å². The van der Waals surface area contributed by atoms with Gasteiger partial charge in [0.15, 0.2) is 0 Å². The zero-order valence-electron chi connectivity index (χ0n) is 11.2. The summed E-state index contributed by atoms with van der Waals surface area (Å²) < 4.78 is 0. The number of carbonyl (C=O) groups excluding carboxylic acids is 1. The van der Waals surface area contributed by atoms with Crippen molar-refractivity contribution in [2.24, 2.45) is 5.92 Å². The first-order chi connectivity index (χ1) is 8.54. The highest BCUT2D eigenvalue weighted by Crippen LogP contribution is 2.43. The quantitative estimate of drug-likeness (QED) is 0.755. The summed E-state index contributed by atoms with van der Waals surface area (Å²) in [6, 6.07) is 0.337. The first kappa shape index (κ1) is 12.0. The molecule has 0 spiro atoms. The van der Waals surface area contributed by atoms with Gasteiger partial charge >= 0.3 is 0 Å². The maximum Gasteiger partial charge on any atom is 0.255 e. The van der Waals surface area contributed by atoms with Crippen LogP contribution in [0.4, 0.5) is 0 Å². The zero-order valence-corrected chi connectivity index (χ0v) is 11.2. The first-order valence-electron chi connectivity index (χ1n) is 6.94. The topological polar surface area (TPSA) is 59.4 Å². The third-order valence-corrected chi connectivity index (χ3v) is 4.75. The van der Waals surface area contributed by atoms with Crippen LogP contribution >= 0.6 is 0 Å². The monoisotopic (exact) mass is 250 g/mol. The highest BCUT2D eigenvalue weighted by atomic mass is 16.2. The second-order valence-corrected chi connectivity index (χ2v) is 6.13. The largest absolute Gasteiger partial charge is 0.325 e. The van der Waals surface area contributed by atoms with Gasteiger partial charge in [-0.25, -0.2) is 0 Å². The number of nitrogens with one attached hydrogen (secondary N) is 2. The van der Waals surface area contributed by atoms with Crippen molar-refractivity contribution in [3.8, 4) is 0 Å². The Morgan fingerprint density at radius 2 is 2.11 bits per heavy atom. The van der Waals surface area contributed by atoms with Crippen LogP contribution in [0.25, 0.3) is 0 Å². The van der Waals surface area contributed by atoms with Gasteiger partial charge in [0, 0.05) is 12.6 Å². The minimum Gasteiger partial charge on any atom is -0.325 e. The normalized spacial score (nSPS) is 36.9. The molecule has 1 amide bonds. The van der Waals surface area contributed by atoms with Gasteiger partial charge in [-0.3, -0.25) is 15.1 Å². The lowest BCUT2D eigenvalue weighted by Gasteiger charge is -2.49. The molecule has 18 heavy (non-hydrogen) atoms. The van der Waals surface area contributed by atoms with E-state index in [2.05, 4.69) is 12.2 Å². The molecule has 0 bridgehead atoms. The summed E-state index contributed by atoms with van der Waals surface area (Å²) in [6.45, 7) is 6.89. The van der Waals surface area contributed by atoms with Crippen molar-refractivity contribution in [2.45, 2.75) is 44.7 Å². The molecule has 0 radical (unpaired) electrons. The van der Waals surface area contributed by atoms with Gasteiger partial charge in [-0.1, -0.05) is 0 Å². The summed E-state index contributed by atoms with van der Waals surface area (Å²) in [5, 5.41) is 11.6. The van der Waals surface area contributed by atoms with Crippen molar-refractivity contribution >= 4 is 11.9 Å². The van der Waals surface area contributed by atoms with Crippen LogP contribution in [-0.2, 0) is 4.79 Å². The molecule has 0 aliphatic carbocycles. The molecule has 0 aromatic rings. The van der Waals surface area contributed by atoms with Crippen molar-refractivity contribution in [1.82, 2.24) is 15.1 Å². The van der Waals surface area contributed by atoms with Crippen LogP contribution in [0.2, 0.25) is 0 Å². The number of guanidine groups is 1. The molecule has 2 unspecified atom stereocenters. The number of carbonyl (C=O) groups is 1. The summed E-state index contributed by atoms with van der Waals surface area (Å²) >= 11 is 0. The van der Waals surface area contributed by atoms with Crippen molar-refractivity contribution in [3.05, 3.63) is 0 Å². The maximum atomic E-state index is 12.4. The fraction of sp³-hybridized carbons (Fsp3) is 0.846. The van der Waals surface area contributed by atoms with Gasteiger partial charge in [-0.15, -0.1) is 0 Å². The second kappa shape index (κ2) is 3.95. The predicted octanol–water partition coefficient (Wildman–Crippen LogP) is 0.616. The van der Waals surface area contributed by atoms with E-state index in [-0.39, 0.29) is 5.91 Å². The van der Waals surface area contributed by atoms with Gasteiger partial charge in [0.1, 0.15) is 5.54 Å². The lowest BCUT2D eigenvalue weighted by atomic mass is 9.82. The minimum atomic E-state index is -0.413. The average Bonchev–Trinajstić information content (AvgIpc) is 2.48. The van der Waals surface area contributed by atoms with Gasteiger partial charge in [0.2, 0.25) is 5.96 Å². The fourth-order valence-electron chi connectivity index (χ4n) is 3.78. The average molecular weight is 250 g/mol. The number of rotatable bonds is 2. The molecule has 100 valence electrons. The molecule has 3 aliphatic rings. The van der Waals surface area contributed by atoms with Gasteiger partial charge in [-0.05, 0) is 52.1 Å². The number of piperidine rings is 1. The van der Waals surface area contributed by atoms with Crippen molar-refractivity contribution in [2.75, 3.05) is 19.6 Å². The summed E-state index contributed by atoms with van der Waals surface area (Å²) in [6.07, 6.45) is 3.11. The molecule has 3 heterocycles. The van der Waals surface area contributed by atoms with Crippen molar-refractivity contribution < 1.29 is 4.79 Å². The predicted molar refractivity (Wildman–Crippen MR) is 69.4 cm³/mol. The minimum absolute atomic E-state index is 0.143. The molecule has 5 heteroatoms. The molecule has 3 aliphatic heterocycles. The Morgan fingerprint density at radius 3 is 2.67 bits per heavy atom. The highest BCUT2D eigenvalue weighted by molar-refractivity contribution is 6.09. The third-order valence-electron chi connectivity index (χ3n) is 4.75. The number of hydrogen-bond acceptors (Lipinski definition) is 3. The molecule has 2 atom stereocenters. The molecular formula is C13H22N4O. The summed E-state index contributed by atoms with van der Waals surface area (Å²) in [5.41, 5.74) is -0.413. The van der Waals surface area contributed by atoms with E-state index >= 15 is 0 Å². The number of nitrogens with zero attached hydrogens (tertiary/aromatic N) is 2. The van der Waals surface area contributed by atoms with Gasteiger partial charge in [0.05, 0.1) is 0 Å². The Balaban J connectivity index is 1.73. The van der Waals surface area contributed by atoms with E-state index in [1.54, 1.807) is 4.90 Å². The lowest BCUT2D eigenvalue weighted by molar-refractivity contribution is -0.139. The van der Waals surface area contributed by atoms with E-state index < -0.39 is 5.54 Å². The molecule has 2 N–H and O–H groups in total. The van der Waals surface area contributed by atoms with Crippen molar-refractivity contribution in [3.63, 3.8) is 0 Å². The van der Waals surface area contributed by atoms with Gasteiger partial charge in [0.25, 0.3) is 5.91 Å². The molecule has 0 aromatic carbocycles. The standard InChI is InChI=1S/C13H22N4O/c1-9-7-13(2)11(18)16(12(14)17(9)13)8-10-3-5-15-6-4-10/h9-10,14-15H,3-8H2,1-2H3. The van der Waals surface area contributed by atoms with Crippen LogP contribution in [0.15, 0.2) is 0 Å². The van der Waals surface area contributed by atoms with Gasteiger partial charge in [-0.2, -0.15) is 0 Å². The number of hydrogen-bond donors (Lipinski definition) is 2. The smallest absolute Gasteiger partial charge is 0.255 e. The SMILES string of the molecule is CC1CC2(C)C(=O)N(CC3CCNCC3)C(=N)N12. The van der Waals surface area contributed by atoms with Crippen LogP contribution < -0.4 is 5.32 Å². The molecule has 0 saturated carbocycles. The summed E-state index contributed by atoms with van der Waals surface area (Å²) in [4.78, 5) is 16.2. The van der Waals surface area contributed by atoms with Crippen LogP contribution in [0.5, 0.6) is 0 Å². The van der Waals surface area contributed by atoms with Crippen LogP contribution in [0.3, 0.4) is 0 Å². The second-order valence-electron chi connectivity index (χ2n) is 6.13. The lowest BCUT2D eigenvalue weighted by Crippen LogP contribution is -2.63. The Morgan fingerprint density at radius 1 is 1.44 bits per heavy atom. The number of fused-ring (bicyclic) bond motifs is 1. The number of amides is 1. The fourth-order valence-corrected chi connectivity index (χ4v) is 3.78. The molecule has 3 fully saturated rings. The first-order valence-corrected chi connectivity index (χ1v) is 6.94. The van der Waals surface area contributed by atoms with E-state index in [9.17, 15) is 4.79 Å². The van der Waals surface area contributed by atoms with E-state index in [4.69, 9.17) is 5.41 Å². The Hall–Kier alpha value is -1.10. The molecular weight excluding hydrogens is 228 g/mol. The molecule has 5 nitrogen and oxygen atoms in total. The van der Waals surface area contributed by atoms with Crippen LogP contribution in [0, 0.1) is 11.3 Å². The Bertz CT molecular complexity index is 390. The van der Waals surface area contributed by atoms with E-state index in [1.165, 1.54) is 0 Å². The summed E-state index contributed by atoms with van der Waals surface area (Å²) in [5.74, 6) is 1.12. The molecule has 0 aromatic heterocycles. The van der Waals surface area contributed by atoms with E-state index in [0.717, 1.165) is 38.9 Å².